The third-order valence-electron chi connectivity index (χ3n) is 5.44. The van der Waals surface area contributed by atoms with Crippen LogP contribution in [0.15, 0.2) is 29.8 Å². The van der Waals surface area contributed by atoms with Crippen molar-refractivity contribution in [1.29, 1.82) is 5.26 Å². The molecule has 0 aliphatic carbocycles. The molecule has 0 aliphatic rings. The van der Waals surface area contributed by atoms with Crippen molar-refractivity contribution in [3.05, 3.63) is 52.4 Å². The molecular weight excluding hydrogens is 422 g/mol. The summed E-state index contributed by atoms with van der Waals surface area (Å²) in [4.78, 5) is 25.0. The number of hydrogen-bond donors (Lipinski definition) is 1. The number of nitrogens with one attached hydrogen (secondary N) is 1. The minimum atomic E-state index is -0.728. The second kappa shape index (κ2) is 11.8. The summed E-state index contributed by atoms with van der Waals surface area (Å²) in [5.74, 6) is -0.106. The van der Waals surface area contributed by atoms with Crippen molar-refractivity contribution in [3.63, 3.8) is 0 Å². The number of carbonyl (C=O) groups excluding carboxylic acids is 2. The average Bonchev–Trinajstić information content (AvgIpc) is 3.08. The number of methoxy groups -OCH3 is 3. The van der Waals surface area contributed by atoms with Gasteiger partial charge in [-0.05, 0) is 55.7 Å². The van der Waals surface area contributed by atoms with E-state index >= 15 is 0 Å². The predicted molar refractivity (Wildman–Crippen MR) is 125 cm³/mol. The Morgan fingerprint density at radius 3 is 2.42 bits per heavy atom. The Labute approximate surface area is 194 Å². The van der Waals surface area contributed by atoms with Crippen LogP contribution in [0.5, 0.6) is 11.5 Å². The summed E-state index contributed by atoms with van der Waals surface area (Å²) in [7, 11) is 4.30. The van der Waals surface area contributed by atoms with Gasteiger partial charge in [0.15, 0.2) is 11.5 Å². The summed E-state index contributed by atoms with van der Waals surface area (Å²) in [6.45, 7) is 6.92. The molecule has 0 spiro atoms. The van der Waals surface area contributed by atoms with E-state index in [1.165, 1.54) is 21.3 Å². The van der Waals surface area contributed by atoms with Gasteiger partial charge in [0.1, 0.15) is 11.6 Å². The van der Waals surface area contributed by atoms with Crippen LogP contribution in [0.25, 0.3) is 6.08 Å². The molecule has 8 heteroatoms. The Morgan fingerprint density at radius 1 is 1.15 bits per heavy atom. The van der Waals surface area contributed by atoms with Crippen LogP contribution in [-0.4, -0.2) is 37.8 Å². The highest BCUT2D eigenvalue weighted by atomic mass is 16.5. The number of hydrogen-bond acceptors (Lipinski definition) is 6. The van der Waals surface area contributed by atoms with Crippen molar-refractivity contribution in [2.45, 2.75) is 46.2 Å². The van der Waals surface area contributed by atoms with Crippen molar-refractivity contribution in [2.75, 3.05) is 21.3 Å². The molecule has 1 N–H and O–H groups in total. The highest BCUT2D eigenvalue weighted by Gasteiger charge is 2.23. The lowest BCUT2D eigenvalue weighted by Crippen LogP contribution is -2.31. The monoisotopic (exact) mass is 453 g/mol. The molecule has 0 fully saturated rings. The molecule has 0 aliphatic heterocycles. The normalized spacial score (nSPS) is 12.0. The topological polar surface area (TPSA) is 103 Å². The number of aryl methyl sites for hydroxylation is 1. The molecule has 1 aromatic heterocycles. The Bertz CT molecular complexity index is 1080. The van der Waals surface area contributed by atoms with Crippen molar-refractivity contribution < 1.29 is 23.8 Å². The molecule has 1 unspecified atom stereocenters. The number of nitrogens with zero attached hydrogens (tertiary/aromatic N) is 2. The second-order valence-corrected chi connectivity index (χ2v) is 7.57. The summed E-state index contributed by atoms with van der Waals surface area (Å²) in [6, 6.07) is 8.30. The number of ether oxygens (including phenoxy) is 3. The van der Waals surface area contributed by atoms with E-state index in [1.807, 2.05) is 26.0 Å². The summed E-state index contributed by atoms with van der Waals surface area (Å²) >= 11 is 0. The maximum Gasteiger partial charge on any atom is 0.307 e. The number of rotatable bonds is 10. The first kappa shape index (κ1) is 25.5. The van der Waals surface area contributed by atoms with Crippen LogP contribution in [-0.2, 0) is 20.9 Å². The number of amides is 1. The Balaban J connectivity index is 2.38. The summed E-state index contributed by atoms with van der Waals surface area (Å²) < 4.78 is 17.5. The van der Waals surface area contributed by atoms with Crippen LogP contribution in [0.3, 0.4) is 0 Å². The van der Waals surface area contributed by atoms with Crippen LogP contribution >= 0.6 is 0 Å². The van der Waals surface area contributed by atoms with Gasteiger partial charge in [0, 0.05) is 17.9 Å². The molecule has 0 saturated carbocycles. The minimum Gasteiger partial charge on any atom is -0.493 e. The van der Waals surface area contributed by atoms with Gasteiger partial charge in [-0.3, -0.25) is 9.59 Å². The summed E-state index contributed by atoms with van der Waals surface area (Å²) in [6.07, 6.45) is 2.45. The highest BCUT2D eigenvalue weighted by molar-refractivity contribution is 6.02. The van der Waals surface area contributed by atoms with Gasteiger partial charge in [0.05, 0.1) is 33.8 Å². The number of nitriles is 1. The smallest absolute Gasteiger partial charge is 0.307 e. The molecule has 1 heterocycles. The maximum atomic E-state index is 13.0. The maximum absolute atomic E-state index is 13.0. The molecule has 2 aromatic rings. The first-order valence-corrected chi connectivity index (χ1v) is 10.7. The molecule has 0 bridgehead atoms. The van der Waals surface area contributed by atoms with E-state index in [4.69, 9.17) is 14.2 Å². The van der Waals surface area contributed by atoms with E-state index in [1.54, 1.807) is 24.3 Å². The van der Waals surface area contributed by atoms with Gasteiger partial charge in [-0.1, -0.05) is 13.0 Å². The zero-order valence-electron chi connectivity index (χ0n) is 20.0. The van der Waals surface area contributed by atoms with Gasteiger partial charge >= 0.3 is 5.97 Å². The number of carbonyl (C=O) groups is 2. The van der Waals surface area contributed by atoms with Crippen molar-refractivity contribution in [3.8, 4) is 17.6 Å². The van der Waals surface area contributed by atoms with Crippen LogP contribution in [0.2, 0.25) is 0 Å². The molecule has 0 radical (unpaired) electrons. The Kier molecular flexibility index (Phi) is 9.10. The van der Waals surface area contributed by atoms with Crippen LogP contribution in [0.1, 0.15) is 48.3 Å². The Morgan fingerprint density at radius 2 is 1.85 bits per heavy atom. The highest BCUT2D eigenvalue weighted by Crippen LogP contribution is 2.31. The molecule has 1 amide bonds. The number of esters is 1. The largest absolute Gasteiger partial charge is 0.493 e. The fourth-order valence-electron chi connectivity index (χ4n) is 3.65. The third-order valence-corrected chi connectivity index (χ3v) is 5.44. The zero-order chi connectivity index (χ0) is 24.5. The average molecular weight is 454 g/mol. The lowest BCUT2D eigenvalue weighted by Gasteiger charge is -2.19. The van der Waals surface area contributed by atoms with Crippen molar-refractivity contribution in [1.82, 2.24) is 9.88 Å². The molecule has 0 saturated heterocycles. The quantitative estimate of drug-likeness (QED) is 0.333. The van der Waals surface area contributed by atoms with Gasteiger partial charge in [-0.25, -0.2) is 0 Å². The molecule has 1 aromatic carbocycles. The molecular formula is C25H31N3O5. The third kappa shape index (κ3) is 6.16. The SMILES string of the molecule is CCCn1c(C)cc(/C=C(/C#N)C(=O)NC(CC(=O)OC)c2ccc(OC)c(OC)c2)c1C. The first-order valence-electron chi connectivity index (χ1n) is 10.7. The van der Waals surface area contributed by atoms with Crippen molar-refractivity contribution in [2.24, 2.45) is 0 Å². The molecule has 33 heavy (non-hydrogen) atoms. The van der Waals surface area contributed by atoms with Gasteiger partial charge in [0.2, 0.25) is 0 Å². The van der Waals surface area contributed by atoms with Crippen LogP contribution in [0, 0.1) is 25.2 Å². The lowest BCUT2D eigenvalue weighted by molar-refractivity contribution is -0.141. The molecule has 176 valence electrons. The van der Waals surface area contributed by atoms with E-state index in [2.05, 4.69) is 16.8 Å². The zero-order valence-corrected chi connectivity index (χ0v) is 20.0. The summed E-state index contributed by atoms with van der Waals surface area (Å²) in [5, 5.41) is 12.5. The van der Waals surface area contributed by atoms with Crippen LogP contribution < -0.4 is 14.8 Å². The number of benzene rings is 1. The van der Waals surface area contributed by atoms with E-state index in [-0.39, 0.29) is 12.0 Å². The first-order chi connectivity index (χ1) is 15.8. The number of aromatic nitrogens is 1. The molecule has 2 rings (SSSR count). The lowest BCUT2D eigenvalue weighted by atomic mass is 10.0. The fourth-order valence-corrected chi connectivity index (χ4v) is 3.65. The fraction of sp³-hybridized carbons (Fsp3) is 0.400. The predicted octanol–water partition coefficient (Wildman–Crippen LogP) is 3.86. The standard InChI is InChI=1S/C25H31N3O5/c1-7-10-28-16(2)11-19(17(28)3)12-20(15-26)25(30)27-21(14-24(29)33-6)18-8-9-22(31-4)23(13-18)32-5/h8-9,11-13,21H,7,10,14H2,1-6H3,(H,27,30)/b20-12-. The molecule has 8 nitrogen and oxygen atoms in total. The van der Waals surface area contributed by atoms with Crippen molar-refractivity contribution >= 4 is 18.0 Å². The van der Waals surface area contributed by atoms with E-state index in [0.717, 1.165) is 29.9 Å². The van der Waals surface area contributed by atoms with E-state index in [0.29, 0.717) is 17.1 Å². The van der Waals surface area contributed by atoms with Gasteiger partial charge in [-0.2, -0.15) is 5.26 Å². The van der Waals surface area contributed by atoms with Gasteiger partial charge in [-0.15, -0.1) is 0 Å². The Hall–Kier alpha value is -3.73. The van der Waals surface area contributed by atoms with E-state index in [9.17, 15) is 14.9 Å². The van der Waals surface area contributed by atoms with Crippen LogP contribution in [0.4, 0.5) is 0 Å². The minimum absolute atomic E-state index is 0.0536. The summed E-state index contributed by atoms with van der Waals surface area (Å²) in [5.41, 5.74) is 3.42. The molecule has 1 atom stereocenters. The van der Waals surface area contributed by atoms with Gasteiger partial charge in [0.25, 0.3) is 5.91 Å². The van der Waals surface area contributed by atoms with Gasteiger partial charge < -0.3 is 24.1 Å². The van der Waals surface area contributed by atoms with E-state index < -0.39 is 17.9 Å². The second-order valence-electron chi connectivity index (χ2n) is 7.57.